The largest absolute Gasteiger partial charge is 0.353 e. The molecular weight excluding hydrogens is 274 g/mol. The summed E-state index contributed by atoms with van der Waals surface area (Å²) >= 11 is 0. The smallest absolute Gasteiger partial charge is 0.241 e. The number of hydrogen-bond donors (Lipinski definition) is 2. The van der Waals surface area contributed by atoms with Crippen molar-refractivity contribution in [2.24, 2.45) is 0 Å². The van der Waals surface area contributed by atoms with Gasteiger partial charge in [0.2, 0.25) is 5.91 Å². The summed E-state index contributed by atoms with van der Waals surface area (Å²) in [6, 6.07) is 9.00. The van der Waals surface area contributed by atoms with E-state index in [1.165, 1.54) is 5.56 Å². The maximum absolute atomic E-state index is 12.5. The number of carbonyl (C=O) groups excluding carboxylic acids is 1. The van der Waals surface area contributed by atoms with Gasteiger partial charge in [-0.2, -0.15) is 0 Å². The molecule has 4 nitrogen and oxygen atoms in total. The van der Waals surface area contributed by atoms with Crippen molar-refractivity contribution < 1.29 is 4.79 Å². The van der Waals surface area contributed by atoms with Crippen LogP contribution < -0.4 is 10.6 Å². The molecule has 0 fully saturated rings. The van der Waals surface area contributed by atoms with Gasteiger partial charge in [0.25, 0.3) is 0 Å². The van der Waals surface area contributed by atoms with Crippen molar-refractivity contribution in [2.75, 3.05) is 19.6 Å². The van der Waals surface area contributed by atoms with Gasteiger partial charge >= 0.3 is 0 Å². The molecule has 0 aromatic heterocycles. The number of hydrogen-bond acceptors (Lipinski definition) is 3. The Bertz CT molecular complexity index is 491. The first kappa shape index (κ1) is 17.0. The van der Waals surface area contributed by atoms with Crippen molar-refractivity contribution in [1.82, 2.24) is 15.5 Å². The average molecular weight is 303 g/mol. The Morgan fingerprint density at radius 1 is 1.27 bits per heavy atom. The van der Waals surface area contributed by atoms with Gasteiger partial charge in [0, 0.05) is 31.7 Å². The molecule has 0 spiro atoms. The van der Waals surface area contributed by atoms with E-state index in [4.69, 9.17) is 0 Å². The summed E-state index contributed by atoms with van der Waals surface area (Å²) in [7, 11) is 0. The Morgan fingerprint density at radius 2 is 1.95 bits per heavy atom. The van der Waals surface area contributed by atoms with E-state index < -0.39 is 0 Å². The van der Waals surface area contributed by atoms with E-state index in [9.17, 15) is 4.79 Å². The lowest BCUT2D eigenvalue weighted by molar-refractivity contribution is -0.123. The van der Waals surface area contributed by atoms with Gasteiger partial charge in [0.05, 0.1) is 0 Å². The van der Waals surface area contributed by atoms with Crippen LogP contribution in [0.25, 0.3) is 0 Å². The van der Waals surface area contributed by atoms with E-state index in [2.05, 4.69) is 55.4 Å². The van der Waals surface area contributed by atoms with E-state index in [0.717, 1.165) is 25.1 Å². The van der Waals surface area contributed by atoms with Crippen LogP contribution >= 0.6 is 0 Å². The molecule has 1 aliphatic heterocycles. The Morgan fingerprint density at radius 3 is 2.64 bits per heavy atom. The van der Waals surface area contributed by atoms with Crippen molar-refractivity contribution in [1.29, 1.82) is 0 Å². The van der Waals surface area contributed by atoms with Gasteiger partial charge < -0.3 is 10.6 Å². The molecule has 1 unspecified atom stereocenters. The molecule has 0 aliphatic carbocycles. The van der Waals surface area contributed by atoms with Crippen molar-refractivity contribution in [3.8, 4) is 0 Å². The van der Waals surface area contributed by atoms with E-state index in [1.807, 2.05) is 12.1 Å². The second-order valence-corrected chi connectivity index (χ2v) is 6.55. The number of fused-ring (bicyclic) bond motifs is 1. The molecular formula is C18H29N3O. The highest BCUT2D eigenvalue weighted by Gasteiger charge is 2.25. The maximum atomic E-state index is 12.5. The number of nitrogens with zero attached hydrogens (tertiary/aromatic N) is 1. The highest BCUT2D eigenvalue weighted by atomic mass is 16.2. The number of nitrogens with one attached hydrogen (secondary N) is 2. The minimum atomic E-state index is -0.212. The molecule has 1 atom stereocenters. The van der Waals surface area contributed by atoms with Gasteiger partial charge in [-0.05, 0) is 45.2 Å². The predicted molar refractivity (Wildman–Crippen MR) is 90.9 cm³/mol. The monoisotopic (exact) mass is 303 g/mol. The molecule has 2 N–H and O–H groups in total. The fourth-order valence-corrected chi connectivity index (χ4v) is 3.26. The SMILES string of the molecule is CC(C)N(CCNC(=O)C1NCCc2ccccc21)C(C)C. The van der Waals surface area contributed by atoms with Crippen LogP contribution in [0.15, 0.2) is 24.3 Å². The highest BCUT2D eigenvalue weighted by Crippen LogP contribution is 2.22. The first-order chi connectivity index (χ1) is 10.5. The molecule has 0 saturated carbocycles. The summed E-state index contributed by atoms with van der Waals surface area (Å²) in [6.45, 7) is 11.2. The Kier molecular flexibility index (Phi) is 5.98. The van der Waals surface area contributed by atoms with Gasteiger partial charge in [-0.25, -0.2) is 0 Å². The average Bonchev–Trinajstić information content (AvgIpc) is 2.50. The molecule has 0 bridgehead atoms. The third-order valence-electron chi connectivity index (χ3n) is 4.37. The summed E-state index contributed by atoms with van der Waals surface area (Å²) in [5.41, 5.74) is 2.41. The lowest BCUT2D eigenvalue weighted by Crippen LogP contribution is -2.46. The molecule has 1 heterocycles. The molecule has 4 heteroatoms. The van der Waals surface area contributed by atoms with Crippen LogP contribution in [0.3, 0.4) is 0 Å². The second kappa shape index (κ2) is 7.75. The molecule has 1 aliphatic rings. The number of benzene rings is 1. The van der Waals surface area contributed by atoms with E-state index in [-0.39, 0.29) is 11.9 Å². The molecule has 1 aromatic carbocycles. The van der Waals surface area contributed by atoms with Crippen LogP contribution in [0.1, 0.15) is 44.9 Å². The lowest BCUT2D eigenvalue weighted by Gasteiger charge is -2.31. The lowest BCUT2D eigenvalue weighted by atomic mass is 9.94. The van der Waals surface area contributed by atoms with Crippen LogP contribution in [0.5, 0.6) is 0 Å². The summed E-state index contributed by atoms with van der Waals surface area (Å²) < 4.78 is 0. The minimum Gasteiger partial charge on any atom is -0.353 e. The first-order valence-corrected chi connectivity index (χ1v) is 8.35. The third-order valence-corrected chi connectivity index (χ3v) is 4.37. The summed E-state index contributed by atoms with van der Waals surface area (Å²) in [5.74, 6) is 0.0830. The quantitative estimate of drug-likeness (QED) is 0.846. The standard InChI is InChI=1S/C18H29N3O/c1-13(2)21(14(3)4)12-11-20-18(22)17-16-8-6-5-7-15(16)9-10-19-17/h5-8,13-14,17,19H,9-12H2,1-4H3,(H,20,22). The molecule has 1 amide bonds. The number of carbonyl (C=O) groups is 1. The summed E-state index contributed by atoms with van der Waals surface area (Å²) in [6.07, 6.45) is 0.994. The minimum absolute atomic E-state index is 0.0830. The summed E-state index contributed by atoms with van der Waals surface area (Å²) in [5, 5.41) is 6.42. The van der Waals surface area contributed by atoms with Crippen molar-refractivity contribution in [2.45, 2.75) is 52.2 Å². The van der Waals surface area contributed by atoms with E-state index >= 15 is 0 Å². The molecule has 1 aromatic rings. The molecule has 2 rings (SSSR count). The fourth-order valence-electron chi connectivity index (χ4n) is 3.26. The van der Waals surface area contributed by atoms with Crippen LogP contribution in [0.4, 0.5) is 0 Å². The van der Waals surface area contributed by atoms with Gasteiger partial charge in [0.1, 0.15) is 6.04 Å². The topological polar surface area (TPSA) is 44.4 Å². The zero-order valence-corrected chi connectivity index (χ0v) is 14.2. The molecule has 0 saturated heterocycles. The molecule has 22 heavy (non-hydrogen) atoms. The molecule has 0 radical (unpaired) electrons. The normalized spacial score (nSPS) is 17.9. The van der Waals surface area contributed by atoms with Crippen molar-refractivity contribution >= 4 is 5.91 Å². The van der Waals surface area contributed by atoms with Gasteiger partial charge in [-0.15, -0.1) is 0 Å². The number of rotatable bonds is 6. The van der Waals surface area contributed by atoms with Crippen molar-refractivity contribution in [3.63, 3.8) is 0 Å². The Labute approximate surface area is 134 Å². The van der Waals surface area contributed by atoms with E-state index in [1.54, 1.807) is 0 Å². The maximum Gasteiger partial charge on any atom is 0.241 e. The van der Waals surface area contributed by atoms with Crippen LogP contribution in [0.2, 0.25) is 0 Å². The second-order valence-electron chi connectivity index (χ2n) is 6.55. The van der Waals surface area contributed by atoms with Crippen molar-refractivity contribution in [3.05, 3.63) is 35.4 Å². The van der Waals surface area contributed by atoms with Gasteiger partial charge in [-0.3, -0.25) is 9.69 Å². The number of amides is 1. The first-order valence-electron chi connectivity index (χ1n) is 8.35. The predicted octanol–water partition coefficient (Wildman–Crippen LogP) is 2.11. The van der Waals surface area contributed by atoms with Gasteiger partial charge in [-0.1, -0.05) is 24.3 Å². The van der Waals surface area contributed by atoms with E-state index in [0.29, 0.717) is 18.6 Å². The highest BCUT2D eigenvalue weighted by molar-refractivity contribution is 5.83. The Hall–Kier alpha value is -1.39. The Balaban J connectivity index is 1.91. The van der Waals surface area contributed by atoms with Crippen LogP contribution in [-0.4, -0.2) is 42.5 Å². The van der Waals surface area contributed by atoms with Crippen LogP contribution in [0, 0.1) is 0 Å². The zero-order chi connectivity index (χ0) is 16.1. The summed E-state index contributed by atoms with van der Waals surface area (Å²) in [4.78, 5) is 14.9. The van der Waals surface area contributed by atoms with Crippen LogP contribution in [-0.2, 0) is 11.2 Å². The third kappa shape index (κ3) is 4.08. The fraction of sp³-hybridized carbons (Fsp3) is 0.611. The molecule has 122 valence electrons. The zero-order valence-electron chi connectivity index (χ0n) is 14.2. The van der Waals surface area contributed by atoms with Gasteiger partial charge in [0.15, 0.2) is 0 Å².